The Morgan fingerprint density at radius 1 is 1.24 bits per heavy atom. The van der Waals surface area contributed by atoms with E-state index in [2.05, 4.69) is 4.74 Å². The molecule has 1 atom stereocenters. The SMILES string of the molecule is CC(N)(c1ccc(OC(F)F)cc1F)C(F)F. The lowest BCUT2D eigenvalue weighted by Gasteiger charge is -2.24. The Hall–Kier alpha value is -1.37. The van der Waals surface area contributed by atoms with Gasteiger partial charge < -0.3 is 10.5 Å². The van der Waals surface area contributed by atoms with Crippen LogP contribution in [0.5, 0.6) is 5.75 Å². The maximum atomic E-state index is 13.4. The second-order valence-electron chi connectivity index (χ2n) is 3.60. The van der Waals surface area contributed by atoms with Crippen molar-refractivity contribution in [2.75, 3.05) is 0 Å². The van der Waals surface area contributed by atoms with Crippen LogP contribution >= 0.6 is 0 Å². The van der Waals surface area contributed by atoms with Gasteiger partial charge in [0.15, 0.2) is 0 Å². The monoisotopic (exact) mass is 255 g/mol. The zero-order valence-corrected chi connectivity index (χ0v) is 8.76. The van der Waals surface area contributed by atoms with Crippen LogP contribution in [0.15, 0.2) is 18.2 Å². The van der Waals surface area contributed by atoms with Gasteiger partial charge in [-0.2, -0.15) is 8.78 Å². The Labute approximate surface area is 94.2 Å². The van der Waals surface area contributed by atoms with E-state index < -0.39 is 35.7 Å². The molecule has 0 heterocycles. The molecule has 1 unspecified atom stereocenters. The average Bonchev–Trinajstić information content (AvgIpc) is 2.15. The fourth-order valence-electron chi connectivity index (χ4n) is 1.23. The first-order valence-corrected chi connectivity index (χ1v) is 4.57. The molecule has 0 radical (unpaired) electrons. The Bertz CT molecular complexity index is 394. The maximum Gasteiger partial charge on any atom is 0.387 e. The van der Waals surface area contributed by atoms with E-state index in [9.17, 15) is 22.0 Å². The molecule has 1 rings (SSSR count). The number of alkyl halides is 4. The predicted molar refractivity (Wildman–Crippen MR) is 50.6 cm³/mol. The van der Waals surface area contributed by atoms with Gasteiger partial charge in [-0.15, -0.1) is 0 Å². The molecule has 0 aliphatic rings. The highest BCUT2D eigenvalue weighted by Gasteiger charge is 2.35. The summed E-state index contributed by atoms with van der Waals surface area (Å²) in [4.78, 5) is 0. The van der Waals surface area contributed by atoms with Crippen LogP contribution in [0.25, 0.3) is 0 Å². The summed E-state index contributed by atoms with van der Waals surface area (Å²) in [5.74, 6) is -1.57. The molecule has 2 N–H and O–H groups in total. The second kappa shape index (κ2) is 4.87. The van der Waals surface area contributed by atoms with Gasteiger partial charge in [-0.3, -0.25) is 0 Å². The molecule has 0 fully saturated rings. The zero-order valence-electron chi connectivity index (χ0n) is 8.76. The fourth-order valence-corrected chi connectivity index (χ4v) is 1.23. The molecule has 1 aromatic rings. The molecule has 0 saturated heterocycles. The maximum absolute atomic E-state index is 13.4. The number of halogens is 5. The molecule has 0 amide bonds. The highest BCUT2D eigenvalue weighted by Crippen LogP contribution is 2.29. The molecule has 0 aliphatic heterocycles. The van der Waals surface area contributed by atoms with Crippen molar-refractivity contribution in [3.05, 3.63) is 29.6 Å². The van der Waals surface area contributed by atoms with Crippen LogP contribution in [-0.4, -0.2) is 13.0 Å². The largest absolute Gasteiger partial charge is 0.435 e. The summed E-state index contributed by atoms with van der Waals surface area (Å²) in [5.41, 5.74) is 2.60. The summed E-state index contributed by atoms with van der Waals surface area (Å²) in [6.45, 7) is -2.16. The summed E-state index contributed by atoms with van der Waals surface area (Å²) in [6.07, 6.45) is -2.99. The second-order valence-corrected chi connectivity index (χ2v) is 3.60. The summed E-state index contributed by atoms with van der Waals surface area (Å²) in [7, 11) is 0. The molecule has 0 spiro atoms. The Morgan fingerprint density at radius 3 is 2.24 bits per heavy atom. The topological polar surface area (TPSA) is 35.2 Å². The standard InChI is InChI=1S/C10H10F5NO/c1-10(16,8(12)13)6-3-2-5(4-7(6)11)17-9(14)15/h2-4,8-9H,16H2,1H3. The molecular weight excluding hydrogens is 245 g/mol. The molecule has 0 saturated carbocycles. The lowest BCUT2D eigenvalue weighted by Crippen LogP contribution is -2.41. The number of rotatable bonds is 4. The smallest absolute Gasteiger partial charge is 0.387 e. The van der Waals surface area contributed by atoms with Crippen LogP contribution in [-0.2, 0) is 5.54 Å². The van der Waals surface area contributed by atoms with Gasteiger partial charge >= 0.3 is 6.61 Å². The van der Waals surface area contributed by atoms with Gasteiger partial charge in [0.05, 0.1) is 0 Å². The predicted octanol–water partition coefficient (Wildman–Crippen LogP) is 2.87. The number of benzene rings is 1. The van der Waals surface area contributed by atoms with Crippen molar-refractivity contribution in [3.63, 3.8) is 0 Å². The van der Waals surface area contributed by atoms with Crippen LogP contribution in [0.4, 0.5) is 22.0 Å². The van der Waals surface area contributed by atoms with Gasteiger partial charge in [0.1, 0.15) is 17.1 Å². The summed E-state index contributed by atoms with van der Waals surface area (Å²) >= 11 is 0. The summed E-state index contributed by atoms with van der Waals surface area (Å²) in [6, 6.07) is 2.45. The van der Waals surface area contributed by atoms with Crippen LogP contribution in [0.2, 0.25) is 0 Å². The van der Waals surface area contributed by atoms with Gasteiger partial charge in [0, 0.05) is 11.6 Å². The lowest BCUT2D eigenvalue weighted by molar-refractivity contribution is -0.0500. The van der Waals surface area contributed by atoms with Crippen LogP contribution in [0.3, 0.4) is 0 Å². The van der Waals surface area contributed by atoms with Gasteiger partial charge in [0.2, 0.25) is 0 Å². The Morgan fingerprint density at radius 2 is 1.82 bits per heavy atom. The van der Waals surface area contributed by atoms with Crippen molar-refractivity contribution in [2.24, 2.45) is 5.73 Å². The van der Waals surface area contributed by atoms with Gasteiger partial charge in [0.25, 0.3) is 6.43 Å². The summed E-state index contributed by atoms with van der Waals surface area (Å²) < 4.78 is 66.1. The molecule has 7 heteroatoms. The molecule has 0 aromatic heterocycles. The highest BCUT2D eigenvalue weighted by molar-refractivity contribution is 5.33. The minimum atomic E-state index is -3.11. The van der Waals surface area contributed by atoms with E-state index in [1.54, 1.807) is 0 Å². The van der Waals surface area contributed by atoms with E-state index in [-0.39, 0.29) is 0 Å². The van der Waals surface area contributed by atoms with Crippen molar-refractivity contribution in [1.29, 1.82) is 0 Å². The third kappa shape index (κ3) is 3.06. The third-order valence-electron chi connectivity index (χ3n) is 2.20. The number of hydrogen-bond donors (Lipinski definition) is 1. The molecule has 1 aromatic carbocycles. The van der Waals surface area contributed by atoms with Gasteiger partial charge in [-0.1, -0.05) is 6.07 Å². The molecular formula is C10H10F5NO. The first kappa shape index (κ1) is 13.7. The molecule has 17 heavy (non-hydrogen) atoms. The minimum absolute atomic E-state index is 0.452. The number of ether oxygens (including phenoxy) is 1. The lowest BCUT2D eigenvalue weighted by atomic mass is 9.93. The van der Waals surface area contributed by atoms with E-state index in [0.717, 1.165) is 19.1 Å². The first-order chi connectivity index (χ1) is 7.75. The normalized spacial score (nSPS) is 15.1. The van der Waals surface area contributed by atoms with Crippen molar-refractivity contribution in [3.8, 4) is 5.75 Å². The highest BCUT2D eigenvalue weighted by atomic mass is 19.3. The zero-order chi connectivity index (χ0) is 13.2. The van der Waals surface area contributed by atoms with Crippen molar-refractivity contribution < 1.29 is 26.7 Å². The van der Waals surface area contributed by atoms with Gasteiger partial charge in [-0.05, 0) is 13.0 Å². The molecule has 96 valence electrons. The van der Waals surface area contributed by atoms with Crippen molar-refractivity contribution in [2.45, 2.75) is 25.5 Å². The van der Waals surface area contributed by atoms with Gasteiger partial charge in [-0.25, -0.2) is 13.2 Å². The third-order valence-corrected chi connectivity index (χ3v) is 2.20. The van der Waals surface area contributed by atoms with E-state index in [1.807, 2.05) is 0 Å². The van der Waals surface area contributed by atoms with E-state index >= 15 is 0 Å². The van der Waals surface area contributed by atoms with E-state index in [0.29, 0.717) is 6.07 Å². The van der Waals surface area contributed by atoms with Crippen LogP contribution in [0, 0.1) is 5.82 Å². The van der Waals surface area contributed by atoms with Crippen LogP contribution < -0.4 is 10.5 Å². The van der Waals surface area contributed by atoms with Crippen molar-refractivity contribution in [1.82, 2.24) is 0 Å². The minimum Gasteiger partial charge on any atom is -0.435 e. The molecule has 0 bridgehead atoms. The van der Waals surface area contributed by atoms with Crippen LogP contribution in [0.1, 0.15) is 12.5 Å². The first-order valence-electron chi connectivity index (χ1n) is 4.57. The molecule has 2 nitrogen and oxygen atoms in total. The Kier molecular flexibility index (Phi) is 3.92. The van der Waals surface area contributed by atoms with Crippen molar-refractivity contribution >= 4 is 0 Å². The molecule has 0 aliphatic carbocycles. The number of hydrogen-bond acceptors (Lipinski definition) is 2. The number of nitrogens with two attached hydrogens (primary N) is 1. The van der Waals surface area contributed by atoms with E-state index in [1.165, 1.54) is 0 Å². The average molecular weight is 255 g/mol. The fraction of sp³-hybridized carbons (Fsp3) is 0.400. The van der Waals surface area contributed by atoms with E-state index in [4.69, 9.17) is 5.73 Å². The quantitative estimate of drug-likeness (QED) is 0.839. The summed E-state index contributed by atoms with van der Waals surface area (Å²) in [5, 5.41) is 0. The Balaban J connectivity index is 3.05.